The molecule has 0 saturated heterocycles. The Kier molecular flexibility index (Phi) is 3.29. The van der Waals surface area contributed by atoms with Crippen molar-refractivity contribution in [1.82, 2.24) is 0 Å². The highest BCUT2D eigenvalue weighted by Gasteiger charge is 2.06. The van der Waals surface area contributed by atoms with E-state index >= 15 is 0 Å². The van der Waals surface area contributed by atoms with Crippen LogP contribution in [0.15, 0.2) is 18.2 Å². The van der Waals surface area contributed by atoms with Crippen molar-refractivity contribution >= 4 is 10.1 Å². The van der Waals surface area contributed by atoms with Crippen LogP contribution in [0.4, 0.5) is 0 Å². The summed E-state index contributed by atoms with van der Waals surface area (Å²) in [4.78, 5) is 0. The predicted octanol–water partition coefficient (Wildman–Crippen LogP) is 1.73. The standard InChI is InChI=1S/C10H14O3S/c1-8-3-4-9(2)10(7-8)5-6-14(11,12)13/h3-4,7H,5-6H2,1-2H3,(H,11,12,13). The highest BCUT2D eigenvalue weighted by Crippen LogP contribution is 2.11. The average Bonchev–Trinajstić information content (AvgIpc) is 2.05. The van der Waals surface area contributed by atoms with Gasteiger partial charge in [0, 0.05) is 0 Å². The van der Waals surface area contributed by atoms with E-state index < -0.39 is 10.1 Å². The molecule has 0 aromatic heterocycles. The Hall–Kier alpha value is -0.870. The third-order valence-electron chi connectivity index (χ3n) is 2.13. The molecule has 3 nitrogen and oxygen atoms in total. The molecule has 14 heavy (non-hydrogen) atoms. The molecule has 0 aliphatic carbocycles. The Bertz CT molecular complexity index is 421. The number of benzene rings is 1. The Morgan fingerprint density at radius 2 is 1.93 bits per heavy atom. The zero-order chi connectivity index (χ0) is 10.8. The highest BCUT2D eigenvalue weighted by atomic mass is 32.2. The maximum absolute atomic E-state index is 10.6. The molecule has 0 unspecified atom stereocenters. The molecule has 0 radical (unpaired) electrons. The highest BCUT2D eigenvalue weighted by molar-refractivity contribution is 7.85. The molecule has 0 spiro atoms. The minimum atomic E-state index is -3.85. The van der Waals surface area contributed by atoms with Crippen LogP contribution >= 0.6 is 0 Å². The van der Waals surface area contributed by atoms with Crippen molar-refractivity contribution in [1.29, 1.82) is 0 Å². The monoisotopic (exact) mass is 214 g/mol. The van der Waals surface area contributed by atoms with E-state index in [4.69, 9.17) is 4.55 Å². The summed E-state index contributed by atoms with van der Waals surface area (Å²) in [7, 11) is -3.85. The minimum absolute atomic E-state index is 0.211. The van der Waals surface area contributed by atoms with Crippen molar-refractivity contribution in [3.63, 3.8) is 0 Å². The number of aryl methyl sites for hydroxylation is 3. The quantitative estimate of drug-likeness (QED) is 0.780. The number of rotatable bonds is 3. The molecule has 0 atom stereocenters. The van der Waals surface area contributed by atoms with E-state index in [2.05, 4.69) is 0 Å². The molecule has 0 saturated carbocycles. The van der Waals surface area contributed by atoms with E-state index in [1.54, 1.807) is 0 Å². The Morgan fingerprint density at radius 3 is 2.50 bits per heavy atom. The maximum Gasteiger partial charge on any atom is 0.265 e. The minimum Gasteiger partial charge on any atom is -0.286 e. The summed E-state index contributed by atoms with van der Waals surface area (Å²) in [5.74, 6) is -0.211. The van der Waals surface area contributed by atoms with Crippen LogP contribution in [0.25, 0.3) is 0 Å². The number of hydrogen-bond acceptors (Lipinski definition) is 2. The third-order valence-corrected chi connectivity index (χ3v) is 2.85. The fourth-order valence-electron chi connectivity index (χ4n) is 1.31. The van der Waals surface area contributed by atoms with Crippen LogP contribution in [-0.2, 0) is 16.5 Å². The normalized spacial score (nSPS) is 11.6. The van der Waals surface area contributed by atoms with Gasteiger partial charge in [-0.05, 0) is 31.4 Å². The fourth-order valence-corrected chi connectivity index (χ4v) is 1.79. The summed E-state index contributed by atoms with van der Waals surface area (Å²) >= 11 is 0. The lowest BCUT2D eigenvalue weighted by Crippen LogP contribution is -2.07. The zero-order valence-electron chi connectivity index (χ0n) is 8.32. The second kappa shape index (κ2) is 4.11. The molecule has 1 N–H and O–H groups in total. The van der Waals surface area contributed by atoms with Gasteiger partial charge in [0.1, 0.15) is 0 Å². The summed E-state index contributed by atoms with van der Waals surface area (Å²) in [6.07, 6.45) is 0.367. The van der Waals surface area contributed by atoms with Crippen molar-refractivity contribution in [3.8, 4) is 0 Å². The Balaban J connectivity index is 2.81. The van der Waals surface area contributed by atoms with Gasteiger partial charge in [0.25, 0.3) is 10.1 Å². The first kappa shape index (κ1) is 11.2. The molecule has 0 aliphatic heterocycles. The van der Waals surface area contributed by atoms with Gasteiger partial charge < -0.3 is 0 Å². The van der Waals surface area contributed by atoms with E-state index in [-0.39, 0.29) is 5.75 Å². The molecular formula is C10H14O3S. The zero-order valence-corrected chi connectivity index (χ0v) is 9.13. The summed E-state index contributed by atoms with van der Waals surface area (Å²) in [5.41, 5.74) is 3.13. The van der Waals surface area contributed by atoms with E-state index in [9.17, 15) is 8.42 Å². The van der Waals surface area contributed by atoms with Crippen LogP contribution < -0.4 is 0 Å². The molecule has 0 bridgehead atoms. The molecule has 1 rings (SSSR count). The molecule has 1 aromatic carbocycles. The first-order valence-electron chi connectivity index (χ1n) is 4.40. The van der Waals surface area contributed by atoms with Crippen LogP contribution in [0.5, 0.6) is 0 Å². The molecule has 4 heteroatoms. The maximum atomic E-state index is 10.6. The molecule has 1 aromatic rings. The van der Waals surface area contributed by atoms with Crippen molar-refractivity contribution in [2.45, 2.75) is 20.3 Å². The van der Waals surface area contributed by atoms with Crippen molar-refractivity contribution < 1.29 is 13.0 Å². The van der Waals surface area contributed by atoms with E-state index in [0.29, 0.717) is 6.42 Å². The van der Waals surface area contributed by atoms with Crippen LogP contribution in [-0.4, -0.2) is 18.7 Å². The second-order valence-corrected chi connectivity index (χ2v) is 5.04. The predicted molar refractivity (Wildman–Crippen MR) is 56.0 cm³/mol. The van der Waals surface area contributed by atoms with Gasteiger partial charge in [-0.3, -0.25) is 4.55 Å². The third kappa shape index (κ3) is 3.47. The average molecular weight is 214 g/mol. The summed E-state index contributed by atoms with van der Waals surface area (Å²) in [6.45, 7) is 3.88. The lowest BCUT2D eigenvalue weighted by Gasteiger charge is -2.05. The smallest absolute Gasteiger partial charge is 0.265 e. The summed E-state index contributed by atoms with van der Waals surface area (Å²) < 4.78 is 29.7. The van der Waals surface area contributed by atoms with Gasteiger partial charge in [-0.1, -0.05) is 23.8 Å². The van der Waals surface area contributed by atoms with Gasteiger partial charge >= 0.3 is 0 Å². The second-order valence-electron chi connectivity index (χ2n) is 3.47. The van der Waals surface area contributed by atoms with Gasteiger partial charge in [-0.15, -0.1) is 0 Å². The van der Waals surface area contributed by atoms with E-state index in [1.165, 1.54) is 0 Å². The van der Waals surface area contributed by atoms with Gasteiger partial charge in [-0.25, -0.2) is 0 Å². The van der Waals surface area contributed by atoms with Crippen molar-refractivity contribution in [2.75, 3.05) is 5.75 Å². The van der Waals surface area contributed by atoms with E-state index in [0.717, 1.165) is 16.7 Å². The first-order valence-corrected chi connectivity index (χ1v) is 6.01. The van der Waals surface area contributed by atoms with Gasteiger partial charge in [0.05, 0.1) is 5.75 Å². The van der Waals surface area contributed by atoms with Crippen molar-refractivity contribution in [2.24, 2.45) is 0 Å². The lowest BCUT2D eigenvalue weighted by atomic mass is 10.0. The molecule has 0 aliphatic rings. The van der Waals surface area contributed by atoms with Crippen molar-refractivity contribution in [3.05, 3.63) is 34.9 Å². The molecule has 0 amide bonds. The van der Waals surface area contributed by atoms with Gasteiger partial charge in [0.2, 0.25) is 0 Å². The van der Waals surface area contributed by atoms with Gasteiger partial charge in [-0.2, -0.15) is 8.42 Å². The van der Waals surface area contributed by atoms with Crippen LogP contribution in [0, 0.1) is 13.8 Å². The van der Waals surface area contributed by atoms with E-state index in [1.807, 2.05) is 32.0 Å². The van der Waals surface area contributed by atoms with Crippen LogP contribution in [0.3, 0.4) is 0 Å². The molecule has 78 valence electrons. The summed E-state index contributed by atoms with van der Waals surface area (Å²) in [5, 5.41) is 0. The number of hydrogen-bond donors (Lipinski definition) is 1. The topological polar surface area (TPSA) is 54.4 Å². The SMILES string of the molecule is Cc1ccc(C)c(CCS(=O)(=O)O)c1. The Labute approximate surface area is 84.5 Å². The summed E-state index contributed by atoms with van der Waals surface area (Å²) in [6, 6.07) is 5.88. The first-order chi connectivity index (χ1) is 6.38. The Morgan fingerprint density at radius 1 is 1.29 bits per heavy atom. The lowest BCUT2D eigenvalue weighted by molar-refractivity contribution is 0.482. The molecule has 0 heterocycles. The van der Waals surface area contributed by atoms with Crippen LogP contribution in [0.2, 0.25) is 0 Å². The van der Waals surface area contributed by atoms with Gasteiger partial charge in [0.15, 0.2) is 0 Å². The largest absolute Gasteiger partial charge is 0.286 e. The van der Waals surface area contributed by atoms with Crippen LogP contribution in [0.1, 0.15) is 16.7 Å². The molecular weight excluding hydrogens is 200 g/mol. The molecule has 0 fully saturated rings. The fraction of sp³-hybridized carbons (Fsp3) is 0.400.